The summed E-state index contributed by atoms with van der Waals surface area (Å²) in [6.45, 7) is 0. The summed E-state index contributed by atoms with van der Waals surface area (Å²) in [4.78, 5) is 16.0. The second-order valence-corrected chi connectivity index (χ2v) is 5.13. The molecule has 0 saturated carbocycles. The Labute approximate surface area is 131 Å². The van der Waals surface area contributed by atoms with Gasteiger partial charge >= 0.3 is 5.97 Å². The average molecular weight is 318 g/mol. The van der Waals surface area contributed by atoms with Crippen molar-refractivity contribution >= 4 is 39.9 Å². The molecule has 0 aliphatic heterocycles. The van der Waals surface area contributed by atoms with Crippen molar-refractivity contribution in [3.8, 4) is 5.75 Å². The van der Waals surface area contributed by atoms with Gasteiger partial charge in [0.15, 0.2) is 0 Å². The van der Waals surface area contributed by atoms with Gasteiger partial charge < -0.3 is 4.74 Å². The number of ether oxygens (including phenoxy) is 1. The molecule has 0 bridgehead atoms. The lowest BCUT2D eigenvalue weighted by Gasteiger charge is -2.08. The number of hydrogen-bond acceptors (Lipinski definition) is 3. The second-order valence-electron chi connectivity index (χ2n) is 4.36. The Kier molecular flexibility index (Phi) is 3.78. The van der Waals surface area contributed by atoms with Crippen molar-refractivity contribution in [3.05, 3.63) is 70.5 Å². The monoisotopic (exact) mass is 317 g/mol. The van der Waals surface area contributed by atoms with Gasteiger partial charge in [-0.15, -0.1) is 0 Å². The van der Waals surface area contributed by atoms with Gasteiger partial charge in [0.1, 0.15) is 10.9 Å². The van der Waals surface area contributed by atoms with Crippen molar-refractivity contribution < 1.29 is 9.53 Å². The molecule has 3 aromatic rings. The Morgan fingerprint density at radius 2 is 1.81 bits per heavy atom. The van der Waals surface area contributed by atoms with Crippen molar-refractivity contribution in [2.24, 2.45) is 0 Å². The summed E-state index contributed by atoms with van der Waals surface area (Å²) in [5.74, 6) is -0.0402. The zero-order valence-corrected chi connectivity index (χ0v) is 12.2. The van der Waals surface area contributed by atoms with Crippen LogP contribution in [0.25, 0.3) is 10.8 Å². The van der Waals surface area contributed by atoms with E-state index in [1.165, 1.54) is 12.3 Å². The Bertz CT molecular complexity index is 828. The van der Waals surface area contributed by atoms with Crippen molar-refractivity contribution in [2.45, 2.75) is 0 Å². The molecule has 0 unspecified atom stereocenters. The third kappa shape index (κ3) is 2.84. The molecule has 0 atom stereocenters. The van der Waals surface area contributed by atoms with Crippen LogP contribution in [0.3, 0.4) is 0 Å². The zero-order chi connectivity index (χ0) is 14.8. The van der Waals surface area contributed by atoms with Crippen LogP contribution in [-0.4, -0.2) is 11.0 Å². The molecule has 0 fully saturated rings. The number of aromatic nitrogens is 1. The lowest BCUT2D eigenvalue weighted by atomic mass is 10.1. The predicted octanol–water partition coefficient (Wildman–Crippen LogP) is 4.76. The molecule has 0 radical (unpaired) electrons. The number of nitrogens with zero attached hydrogens (tertiary/aromatic N) is 1. The fourth-order valence-electron chi connectivity index (χ4n) is 1.98. The fraction of sp³-hybridized carbons (Fsp3) is 0. The van der Waals surface area contributed by atoms with E-state index in [0.29, 0.717) is 5.75 Å². The third-order valence-electron chi connectivity index (χ3n) is 2.98. The number of hydrogen-bond donors (Lipinski definition) is 0. The van der Waals surface area contributed by atoms with E-state index in [-0.39, 0.29) is 15.7 Å². The van der Waals surface area contributed by atoms with Gasteiger partial charge in [0.05, 0.1) is 10.6 Å². The number of rotatable bonds is 2. The van der Waals surface area contributed by atoms with E-state index in [1.807, 2.05) is 36.4 Å². The molecule has 0 amide bonds. The topological polar surface area (TPSA) is 39.2 Å². The molecule has 0 aliphatic rings. The zero-order valence-electron chi connectivity index (χ0n) is 10.7. The fourth-order valence-corrected chi connectivity index (χ4v) is 2.25. The SMILES string of the molecule is O=C(Oc1cccc2ccccc12)c1cnc(Cl)c(Cl)c1. The lowest BCUT2D eigenvalue weighted by molar-refractivity contribution is 0.0736. The van der Waals surface area contributed by atoms with E-state index in [2.05, 4.69) is 4.98 Å². The maximum absolute atomic E-state index is 12.2. The molecule has 0 saturated heterocycles. The summed E-state index contributed by atoms with van der Waals surface area (Å²) in [5.41, 5.74) is 0.248. The standard InChI is InChI=1S/C16H9Cl2NO2/c17-13-8-11(9-19-15(13)18)16(20)21-14-7-3-5-10-4-1-2-6-12(10)14/h1-9H. The maximum Gasteiger partial charge on any atom is 0.345 e. The summed E-state index contributed by atoms with van der Waals surface area (Å²) in [5, 5.41) is 2.22. The number of carbonyl (C=O) groups excluding carboxylic acids is 1. The van der Waals surface area contributed by atoms with Crippen molar-refractivity contribution in [1.82, 2.24) is 4.98 Å². The molecule has 104 valence electrons. The highest BCUT2D eigenvalue weighted by atomic mass is 35.5. The third-order valence-corrected chi connectivity index (χ3v) is 3.67. The Balaban J connectivity index is 1.94. The van der Waals surface area contributed by atoms with E-state index < -0.39 is 5.97 Å². The van der Waals surface area contributed by atoms with Crippen LogP contribution < -0.4 is 4.74 Å². The van der Waals surface area contributed by atoms with Crippen molar-refractivity contribution in [2.75, 3.05) is 0 Å². The number of esters is 1. The van der Waals surface area contributed by atoms with Crippen molar-refractivity contribution in [1.29, 1.82) is 0 Å². The van der Waals surface area contributed by atoms with Crippen LogP contribution >= 0.6 is 23.2 Å². The van der Waals surface area contributed by atoms with Gasteiger partial charge in [-0.1, -0.05) is 59.6 Å². The van der Waals surface area contributed by atoms with Crippen LogP contribution in [0.15, 0.2) is 54.7 Å². The first-order valence-electron chi connectivity index (χ1n) is 6.16. The van der Waals surface area contributed by atoms with E-state index in [9.17, 15) is 4.79 Å². The summed E-state index contributed by atoms with van der Waals surface area (Å²) in [7, 11) is 0. The van der Waals surface area contributed by atoms with E-state index >= 15 is 0 Å². The van der Waals surface area contributed by atoms with E-state index in [0.717, 1.165) is 10.8 Å². The van der Waals surface area contributed by atoms with E-state index in [4.69, 9.17) is 27.9 Å². The van der Waals surface area contributed by atoms with Crippen LogP contribution in [-0.2, 0) is 0 Å². The minimum atomic E-state index is -0.530. The number of carbonyl (C=O) groups is 1. The molecule has 3 nitrogen and oxygen atoms in total. The van der Waals surface area contributed by atoms with Gasteiger partial charge in [0, 0.05) is 11.6 Å². The predicted molar refractivity (Wildman–Crippen MR) is 83.2 cm³/mol. The number of halogens is 2. The summed E-state index contributed by atoms with van der Waals surface area (Å²) in [6.07, 6.45) is 1.33. The van der Waals surface area contributed by atoms with Crippen LogP contribution in [0.2, 0.25) is 10.2 Å². The van der Waals surface area contributed by atoms with E-state index in [1.54, 1.807) is 6.07 Å². The Hall–Kier alpha value is -2.10. The van der Waals surface area contributed by atoms with Gasteiger partial charge in [-0.3, -0.25) is 0 Å². The van der Waals surface area contributed by atoms with Gasteiger partial charge in [-0.05, 0) is 17.5 Å². The minimum absolute atomic E-state index is 0.151. The Morgan fingerprint density at radius 1 is 1.05 bits per heavy atom. The molecule has 1 aromatic heterocycles. The highest BCUT2D eigenvalue weighted by molar-refractivity contribution is 6.41. The normalized spacial score (nSPS) is 10.6. The van der Waals surface area contributed by atoms with Crippen LogP contribution in [0, 0.1) is 0 Å². The quantitative estimate of drug-likeness (QED) is 0.388. The first kappa shape index (κ1) is 13.9. The highest BCUT2D eigenvalue weighted by Crippen LogP contribution is 2.26. The molecule has 5 heteroatoms. The number of fused-ring (bicyclic) bond motifs is 1. The van der Waals surface area contributed by atoms with Gasteiger partial charge in [-0.2, -0.15) is 0 Å². The first-order chi connectivity index (χ1) is 10.1. The molecular formula is C16H9Cl2NO2. The molecule has 0 aliphatic carbocycles. The summed E-state index contributed by atoms with van der Waals surface area (Å²) >= 11 is 11.6. The van der Waals surface area contributed by atoms with Gasteiger partial charge in [0.25, 0.3) is 0 Å². The minimum Gasteiger partial charge on any atom is -0.422 e. The summed E-state index contributed by atoms with van der Waals surface area (Å²) in [6, 6.07) is 14.6. The van der Waals surface area contributed by atoms with Crippen LogP contribution in [0.5, 0.6) is 5.75 Å². The number of benzene rings is 2. The molecule has 0 N–H and O–H groups in total. The highest BCUT2D eigenvalue weighted by Gasteiger charge is 2.13. The molecular weight excluding hydrogens is 309 g/mol. The molecule has 2 aromatic carbocycles. The first-order valence-corrected chi connectivity index (χ1v) is 6.92. The second kappa shape index (κ2) is 5.72. The lowest BCUT2D eigenvalue weighted by Crippen LogP contribution is -2.09. The van der Waals surface area contributed by atoms with Gasteiger partial charge in [-0.25, -0.2) is 9.78 Å². The summed E-state index contributed by atoms with van der Waals surface area (Å²) < 4.78 is 5.43. The maximum atomic E-state index is 12.2. The largest absolute Gasteiger partial charge is 0.422 e. The van der Waals surface area contributed by atoms with Crippen molar-refractivity contribution in [3.63, 3.8) is 0 Å². The molecule has 1 heterocycles. The molecule has 0 spiro atoms. The van der Waals surface area contributed by atoms with Crippen LogP contribution in [0.4, 0.5) is 0 Å². The average Bonchev–Trinajstić information content (AvgIpc) is 2.50. The smallest absolute Gasteiger partial charge is 0.345 e. The molecule has 21 heavy (non-hydrogen) atoms. The van der Waals surface area contributed by atoms with Gasteiger partial charge in [0.2, 0.25) is 0 Å². The number of pyridine rings is 1. The Morgan fingerprint density at radius 3 is 2.62 bits per heavy atom. The molecule has 3 rings (SSSR count). The van der Waals surface area contributed by atoms with Crippen LogP contribution in [0.1, 0.15) is 10.4 Å².